The van der Waals surface area contributed by atoms with Crippen LogP contribution in [0, 0.1) is 17.2 Å². The van der Waals surface area contributed by atoms with Crippen molar-refractivity contribution >= 4 is 15.9 Å². The van der Waals surface area contributed by atoms with Gasteiger partial charge >= 0.3 is 6.18 Å². The number of nitrogens with zero attached hydrogens (tertiary/aromatic N) is 1. The first-order valence-corrected chi connectivity index (χ1v) is 7.42. The molecular formula is C12H14F3N3O2S. The standard InChI is InChI=1S/C12H14F3N3O2S/c1-8(2)7-17-21(19,20)18-10-4-3-9(6-16)11(5-10)12(13,14)15/h3-5,8,17-18H,7H2,1-2H3. The molecule has 0 bridgehead atoms. The predicted octanol–water partition coefficient (Wildman–Crippen LogP) is 2.48. The van der Waals surface area contributed by atoms with Gasteiger partial charge in [0.25, 0.3) is 10.2 Å². The van der Waals surface area contributed by atoms with Crippen molar-refractivity contribution < 1.29 is 21.6 Å². The molecule has 0 aliphatic carbocycles. The van der Waals surface area contributed by atoms with Crippen LogP contribution >= 0.6 is 0 Å². The Morgan fingerprint density at radius 2 is 1.95 bits per heavy atom. The molecule has 0 radical (unpaired) electrons. The van der Waals surface area contributed by atoms with Crippen LogP contribution in [-0.4, -0.2) is 15.0 Å². The largest absolute Gasteiger partial charge is 0.417 e. The van der Waals surface area contributed by atoms with Crippen molar-refractivity contribution in [3.63, 3.8) is 0 Å². The summed E-state index contributed by atoms with van der Waals surface area (Å²) in [4.78, 5) is 0. The second kappa shape index (κ2) is 6.32. The summed E-state index contributed by atoms with van der Waals surface area (Å²) in [6.45, 7) is 3.72. The third-order valence-electron chi connectivity index (χ3n) is 2.38. The molecule has 0 saturated carbocycles. The first-order valence-electron chi connectivity index (χ1n) is 5.94. The highest BCUT2D eigenvalue weighted by Crippen LogP contribution is 2.33. The lowest BCUT2D eigenvalue weighted by Crippen LogP contribution is -2.33. The average Bonchev–Trinajstić information content (AvgIpc) is 2.35. The minimum absolute atomic E-state index is 0.0493. The molecule has 0 spiro atoms. The second-order valence-electron chi connectivity index (χ2n) is 4.72. The number of nitriles is 1. The molecule has 21 heavy (non-hydrogen) atoms. The monoisotopic (exact) mass is 321 g/mol. The molecule has 0 atom stereocenters. The molecule has 0 fully saturated rings. The molecular weight excluding hydrogens is 307 g/mol. The summed E-state index contributed by atoms with van der Waals surface area (Å²) in [6.07, 6.45) is -4.74. The number of alkyl halides is 3. The molecule has 1 rings (SSSR count). The van der Waals surface area contributed by atoms with E-state index in [1.807, 2.05) is 4.72 Å². The van der Waals surface area contributed by atoms with Crippen LogP contribution in [0.25, 0.3) is 0 Å². The second-order valence-corrected chi connectivity index (χ2v) is 6.22. The van der Waals surface area contributed by atoms with Gasteiger partial charge in [-0.15, -0.1) is 0 Å². The third kappa shape index (κ3) is 5.24. The Morgan fingerprint density at radius 3 is 2.43 bits per heavy atom. The van der Waals surface area contributed by atoms with E-state index in [4.69, 9.17) is 5.26 Å². The lowest BCUT2D eigenvalue weighted by Gasteiger charge is -2.13. The average molecular weight is 321 g/mol. The molecule has 0 aliphatic heterocycles. The Balaban J connectivity index is 3.04. The van der Waals surface area contributed by atoms with Crippen LogP contribution in [-0.2, 0) is 16.4 Å². The van der Waals surface area contributed by atoms with Crippen LogP contribution in [0.3, 0.4) is 0 Å². The molecule has 1 aromatic carbocycles. The summed E-state index contributed by atoms with van der Waals surface area (Å²) in [6, 6.07) is 4.03. The van der Waals surface area contributed by atoms with Crippen LogP contribution in [0.2, 0.25) is 0 Å². The Labute approximate surface area is 121 Å². The normalized spacial score (nSPS) is 12.2. The summed E-state index contributed by atoms with van der Waals surface area (Å²) >= 11 is 0. The van der Waals surface area contributed by atoms with E-state index in [2.05, 4.69) is 4.72 Å². The van der Waals surface area contributed by atoms with Gasteiger partial charge in [-0.1, -0.05) is 13.8 Å². The Kier molecular flexibility index (Phi) is 5.20. The minimum atomic E-state index is -4.74. The highest BCUT2D eigenvalue weighted by atomic mass is 32.2. The molecule has 0 aliphatic rings. The van der Waals surface area contributed by atoms with E-state index in [1.165, 1.54) is 6.07 Å². The van der Waals surface area contributed by atoms with Gasteiger partial charge in [0.2, 0.25) is 0 Å². The number of anilines is 1. The number of nitrogens with one attached hydrogen (secondary N) is 2. The van der Waals surface area contributed by atoms with Gasteiger partial charge in [-0.05, 0) is 24.1 Å². The SMILES string of the molecule is CC(C)CNS(=O)(=O)Nc1ccc(C#N)c(C(F)(F)F)c1. The topological polar surface area (TPSA) is 82.0 Å². The van der Waals surface area contributed by atoms with Crippen LogP contribution in [0.15, 0.2) is 18.2 Å². The third-order valence-corrected chi connectivity index (χ3v) is 3.43. The van der Waals surface area contributed by atoms with Gasteiger partial charge in [-0.25, -0.2) is 0 Å². The molecule has 0 heterocycles. The van der Waals surface area contributed by atoms with E-state index >= 15 is 0 Å². The fourth-order valence-electron chi connectivity index (χ4n) is 1.41. The number of hydrogen-bond donors (Lipinski definition) is 2. The fourth-order valence-corrected chi connectivity index (χ4v) is 2.47. The molecule has 1 aromatic rings. The van der Waals surface area contributed by atoms with Gasteiger partial charge in [0.05, 0.1) is 22.9 Å². The van der Waals surface area contributed by atoms with Crippen molar-refractivity contribution in [2.45, 2.75) is 20.0 Å². The smallest absolute Gasteiger partial charge is 0.271 e. The van der Waals surface area contributed by atoms with Crippen molar-refractivity contribution in [3.05, 3.63) is 29.3 Å². The Bertz CT molecular complexity index is 649. The fraction of sp³-hybridized carbons (Fsp3) is 0.417. The van der Waals surface area contributed by atoms with Crippen LogP contribution in [0.1, 0.15) is 25.0 Å². The maximum Gasteiger partial charge on any atom is 0.417 e. The Morgan fingerprint density at radius 1 is 1.33 bits per heavy atom. The van der Waals surface area contributed by atoms with E-state index in [9.17, 15) is 21.6 Å². The number of benzene rings is 1. The summed E-state index contributed by atoms with van der Waals surface area (Å²) in [5.41, 5.74) is -2.02. The molecule has 0 saturated heterocycles. The van der Waals surface area contributed by atoms with Crippen LogP contribution in [0.4, 0.5) is 18.9 Å². The number of halogens is 3. The van der Waals surface area contributed by atoms with Gasteiger partial charge in [-0.2, -0.15) is 31.6 Å². The maximum absolute atomic E-state index is 12.8. The van der Waals surface area contributed by atoms with E-state index in [0.717, 1.165) is 12.1 Å². The van der Waals surface area contributed by atoms with Gasteiger partial charge in [0.1, 0.15) is 0 Å². The van der Waals surface area contributed by atoms with Gasteiger partial charge in [0.15, 0.2) is 0 Å². The number of rotatable bonds is 5. The maximum atomic E-state index is 12.8. The summed E-state index contributed by atoms with van der Waals surface area (Å²) in [5, 5.41) is 8.65. The quantitative estimate of drug-likeness (QED) is 0.874. The van der Waals surface area contributed by atoms with Crippen molar-refractivity contribution in [2.24, 2.45) is 5.92 Å². The lowest BCUT2D eigenvalue weighted by molar-refractivity contribution is -0.137. The van der Waals surface area contributed by atoms with E-state index in [0.29, 0.717) is 6.07 Å². The van der Waals surface area contributed by atoms with E-state index in [1.54, 1.807) is 13.8 Å². The summed E-state index contributed by atoms with van der Waals surface area (Å²) in [7, 11) is -3.96. The minimum Gasteiger partial charge on any atom is -0.271 e. The van der Waals surface area contributed by atoms with Crippen molar-refractivity contribution in [3.8, 4) is 6.07 Å². The molecule has 2 N–H and O–H groups in total. The highest BCUT2D eigenvalue weighted by Gasteiger charge is 2.34. The van der Waals surface area contributed by atoms with Crippen LogP contribution < -0.4 is 9.44 Å². The first-order chi connectivity index (χ1) is 9.55. The molecule has 116 valence electrons. The van der Waals surface area contributed by atoms with Crippen molar-refractivity contribution in [1.82, 2.24) is 4.72 Å². The van der Waals surface area contributed by atoms with Gasteiger partial charge in [0, 0.05) is 6.54 Å². The van der Waals surface area contributed by atoms with Gasteiger partial charge in [-0.3, -0.25) is 4.72 Å². The van der Waals surface area contributed by atoms with E-state index in [-0.39, 0.29) is 18.2 Å². The molecule has 0 amide bonds. The first kappa shape index (κ1) is 17.3. The molecule has 0 unspecified atom stereocenters. The number of hydrogen-bond acceptors (Lipinski definition) is 3. The van der Waals surface area contributed by atoms with Crippen molar-refractivity contribution in [2.75, 3.05) is 11.3 Å². The molecule has 5 nitrogen and oxygen atoms in total. The summed E-state index contributed by atoms with van der Waals surface area (Å²) < 4.78 is 65.8. The van der Waals surface area contributed by atoms with Gasteiger partial charge < -0.3 is 0 Å². The highest BCUT2D eigenvalue weighted by molar-refractivity contribution is 7.90. The molecule has 0 aromatic heterocycles. The van der Waals surface area contributed by atoms with E-state index < -0.39 is 27.5 Å². The zero-order valence-electron chi connectivity index (χ0n) is 11.3. The van der Waals surface area contributed by atoms with Crippen molar-refractivity contribution in [1.29, 1.82) is 5.26 Å². The molecule has 9 heteroatoms. The summed E-state index contributed by atoms with van der Waals surface area (Å²) in [5.74, 6) is 0.0493. The zero-order valence-corrected chi connectivity index (χ0v) is 12.1. The Hall–Kier alpha value is -1.79. The predicted molar refractivity (Wildman–Crippen MR) is 71.5 cm³/mol. The van der Waals surface area contributed by atoms with Crippen LogP contribution in [0.5, 0.6) is 0 Å². The zero-order chi connectivity index (χ0) is 16.3. The lowest BCUT2D eigenvalue weighted by atomic mass is 10.1.